The van der Waals surface area contributed by atoms with Gasteiger partial charge in [-0.25, -0.2) is 8.78 Å². The Kier molecular flexibility index (Phi) is 2.99. The average Bonchev–Trinajstić information content (AvgIpc) is 2.32. The van der Waals surface area contributed by atoms with Gasteiger partial charge in [-0.1, -0.05) is 0 Å². The Hall–Kier alpha value is -2.04. The first-order valence-corrected chi connectivity index (χ1v) is 5.09. The minimum atomic E-state index is -0.516. The van der Waals surface area contributed by atoms with Crippen molar-refractivity contribution < 1.29 is 8.78 Å². The Labute approximate surface area is 97.5 Å². The van der Waals surface area contributed by atoms with Crippen LogP contribution in [0.2, 0.25) is 0 Å². The van der Waals surface area contributed by atoms with E-state index < -0.39 is 11.6 Å². The lowest BCUT2D eigenvalue weighted by Gasteiger charge is -2.06. The minimum absolute atomic E-state index is 0.114. The molecule has 2 rings (SSSR count). The van der Waals surface area contributed by atoms with Crippen LogP contribution < -0.4 is 5.32 Å². The molecule has 0 aliphatic carbocycles. The summed E-state index contributed by atoms with van der Waals surface area (Å²) in [7, 11) is 1.72. The Balaban J connectivity index is 2.53. The van der Waals surface area contributed by atoms with Gasteiger partial charge in [0.1, 0.15) is 11.6 Å². The first-order chi connectivity index (χ1) is 8.11. The van der Waals surface area contributed by atoms with E-state index in [0.717, 1.165) is 23.8 Å². The van der Waals surface area contributed by atoms with E-state index in [0.29, 0.717) is 11.5 Å². The molecule has 1 aromatic carbocycles. The highest BCUT2D eigenvalue weighted by atomic mass is 19.1. The Morgan fingerprint density at radius 2 is 1.88 bits per heavy atom. The number of nitrogens with one attached hydrogen (secondary N) is 1. The van der Waals surface area contributed by atoms with Crippen LogP contribution in [0, 0.1) is 18.6 Å². The molecule has 1 heterocycles. The summed E-state index contributed by atoms with van der Waals surface area (Å²) in [5.41, 5.74) is 1.25. The van der Waals surface area contributed by atoms with Gasteiger partial charge in [0.2, 0.25) is 0 Å². The van der Waals surface area contributed by atoms with Crippen molar-refractivity contribution in [2.45, 2.75) is 6.92 Å². The third-order valence-corrected chi connectivity index (χ3v) is 2.43. The van der Waals surface area contributed by atoms with E-state index in [2.05, 4.69) is 15.5 Å². The van der Waals surface area contributed by atoms with Gasteiger partial charge in [0, 0.05) is 12.6 Å². The highest BCUT2D eigenvalue weighted by Gasteiger charge is 2.10. The summed E-state index contributed by atoms with van der Waals surface area (Å²) in [4.78, 5) is 0. The molecule has 0 aliphatic heterocycles. The van der Waals surface area contributed by atoms with Gasteiger partial charge in [-0.05, 0) is 36.8 Å². The lowest BCUT2D eigenvalue weighted by atomic mass is 10.1. The number of nitrogens with zero attached hydrogens (tertiary/aromatic N) is 2. The lowest BCUT2D eigenvalue weighted by Crippen LogP contribution is -2.00. The zero-order chi connectivity index (χ0) is 12.4. The summed E-state index contributed by atoms with van der Waals surface area (Å²) in [5, 5.41) is 10.6. The highest BCUT2D eigenvalue weighted by Crippen LogP contribution is 2.23. The predicted octanol–water partition coefficient (Wildman–Crippen LogP) is 2.77. The zero-order valence-electron chi connectivity index (χ0n) is 9.46. The maximum atomic E-state index is 13.5. The third-order valence-electron chi connectivity index (χ3n) is 2.43. The monoisotopic (exact) mass is 235 g/mol. The molecule has 17 heavy (non-hydrogen) atoms. The molecular weight excluding hydrogens is 224 g/mol. The number of benzene rings is 1. The highest BCUT2D eigenvalue weighted by molar-refractivity contribution is 5.62. The summed E-state index contributed by atoms with van der Waals surface area (Å²) >= 11 is 0. The predicted molar refractivity (Wildman–Crippen MR) is 61.7 cm³/mol. The number of hydrogen-bond acceptors (Lipinski definition) is 3. The van der Waals surface area contributed by atoms with Gasteiger partial charge < -0.3 is 5.32 Å². The van der Waals surface area contributed by atoms with Crippen molar-refractivity contribution in [2.75, 3.05) is 12.4 Å². The molecule has 0 bridgehead atoms. The normalized spacial score (nSPS) is 10.4. The van der Waals surface area contributed by atoms with Gasteiger partial charge in [-0.15, -0.1) is 10.2 Å². The molecular formula is C12H11F2N3. The second kappa shape index (κ2) is 4.45. The molecule has 88 valence electrons. The molecule has 0 saturated heterocycles. The fourth-order valence-corrected chi connectivity index (χ4v) is 1.56. The number of rotatable bonds is 2. The third kappa shape index (κ3) is 2.22. The summed E-state index contributed by atoms with van der Waals surface area (Å²) in [6.07, 6.45) is 0. The van der Waals surface area contributed by atoms with Crippen molar-refractivity contribution in [1.29, 1.82) is 0 Å². The average molecular weight is 235 g/mol. The summed E-state index contributed by atoms with van der Waals surface area (Å²) < 4.78 is 26.6. The fraction of sp³-hybridized carbons (Fsp3) is 0.167. The van der Waals surface area contributed by atoms with E-state index in [9.17, 15) is 8.78 Å². The second-order valence-corrected chi connectivity index (χ2v) is 3.64. The number of halogens is 2. The SMILES string of the molecule is CNc1nnc(-c2cc(F)ccc2F)cc1C. The molecule has 0 unspecified atom stereocenters. The van der Waals surface area contributed by atoms with Crippen molar-refractivity contribution >= 4 is 5.82 Å². The Bertz CT molecular complexity index is 555. The van der Waals surface area contributed by atoms with Crippen LogP contribution in [0.1, 0.15) is 5.56 Å². The molecule has 3 nitrogen and oxygen atoms in total. The molecule has 0 spiro atoms. The molecule has 0 fully saturated rings. The molecule has 1 aromatic heterocycles. The van der Waals surface area contributed by atoms with Crippen LogP contribution in [-0.4, -0.2) is 17.2 Å². The maximum absolute atomic E-state index is 13.5. The molecule has 0 atom stereocenters. The molecule has 1 N–H and O–H groups in total. The first kappa shape index (κ1) is 11.4. The molecule has 0 radical (unpaired) electrons. The van der Waals surface area contributed by atoms with Crippen LogP contribution in [0.15, 0.2) is 24.3 Å². The quantitative estimate of drug-likeness (QED) is 0.869. The van der Waals surface area contributed by atoms with Crippen molar-refractivity contribution in [1.82, 2.24) is 10.2 Å². The maximum Gasteiger partial charge on any atom is 0.151 e. The Morgan fingerprint density at radius 1 is 1.12 bits per heavy atom. The topological polar surface area (TPSA) is 37.8 Å². The molecule has 0 aliphatic rings. The van der Waals surface area contributed by atoms with Crippen LogP contribution in [0.3, 0.4) is 0 Å². The van der Waals surface area contributed by atoms with Crippen LogP contribution in [0.25, 0.3) is 11.3 Å². The van der Waals surface area contributed by atoms with E-state index in [1.54, 1.807) is 13.1 Å². The van der Waals surface area contributed by atoms with Gasteiger partial charge in [-0.2, -0.15) is 0 Å². The number of hydrogen-bond donors (Lipinski definition) is 1. The van der Waals surface area contributed by atoms with E-state index >= 15 is 0 Å². The van der Waals surface area contributed by atoms with Crippen molar-refractivity contribution in [3.8, 4) is 11.3 Å². The van der Waals surface area contributed by atoms with E-state index in [-0.39, 0.29) is 5.56 Å². The smallest absolute Gasteiger partial charge is 0.151 e. The van der Waals surface area contributed by atoms with Gasteiger partial charge in [0.25, 0.3) is 0 Å². The Morgan fingerprint density at radius 3 is 2.53 bits per heavy atom. The molecule has 5 heteroatoms. The lowest BCUT2D eigenvalue weighted by molar-refractivity contribution is 0.602. The van der Waals surface area contributed by atoms with Gasteiger partial charge in [0.15, 0.2) is 5.82 Å². The van der Waals surface area contributed by atoms with Gasteiger partial charge in [-0.3, -0.25) is 0 Å². The van der Waals surface area contributed by atoms with Crippen LogP contribution >= 0.6 is 0 Å². The van der Waals surface area contributed by atoms with Crippen molar-refractivity contribution in [3.05, 3.63) is 41.5 Å². The van der Waals surface area contributed by atoms with Crippen molar-refractivity contribution in [2.24, 2.45) is 0 Å². The number of aryl methyl sites for hydroxylation is 1. The van der Waals surface area contributed by atoms with Crippen LogP contribution in [0.5, 0.6) is 0 Å². The summed E-state index contributed by atoms with van der Waals surface area (Å²) in [6, 6.07) is 4.92. The summed E-state index contributed by atoms with van der Waals surface area (Å²) in [6.45, 7) is 1.82. The zero-order valence-corrected chi connectivity index (χ0v) is 9.46. The van der Waals surface area contributed by atoms with E-state index in [1.807, 2.05) is 6.92 Å². The van der Waals surface area contributed by atoms with E-state index in [1.165, 1.54) is 0 Å². The fourth-order valence-electron chi connectivity index (χ4n) is 1.56. The van der Waals surface area contributed by atoms with Crippen LogP contribution in [0.4, 0.5) is 14.6 Å². The summed E-state index contributed by atoms with van der Waals surface area (Å²) in [5.74, 6) is -0.401. The van der Waals surface area contributed by atoms with Gasteiger partial charge >= 0.3 is 0 Å². The van der Waals surface area contributed by atoms with Gasteiger partial charge in [0.05, 0.1) is 5.69 Å². The number of aromatic nitrogens is 2. The van der Waals surface area contributed by atoms with Crippen molar-refractivity contribution in [3.63, 3.8) is 0 Å². The largest absolute Gasteiger partial charge is 0.371 e. The molecule has 0 amide bonds. The number of anilines is 1. The molecule has 0 saturated carbocycles. The second-order valence-electron chi connectivity index (χ2n) is 3.64. The standard InChI is InChI=1S/C12H11F2N3/c1-7-5-11(16-17-12(7)15-2)9-6-8(13)3-4-10(9)14/h3-6H,1-2H3,(H,15,17). The van der Waals surface area contributed by atoms with Crippen LogP contribution in [-0.2, 0) is 0 Å². The first-order valence-electron chi connectivity index (χ1n) is 5.09. The van der Waals surface area contributed by atoms with E-state index in [4.69, 9.17) is 0 Å². The minimum Gasteiger partial charge on any atom is -0.371 e. The molecule has 2 aromatic rings.